The number of hydrogen-bond acceptors (Lipinski definition) is 8. The van der Waals surface area contributed by atoms with Crippen molar-refractivity contribution in [1.82, 2.24) is 4.98 Å². The zero-order valence-electron chi connectivity index (χ0n) is 27.0. The van der Waals surface area contributed by atoms with Gasteiger partial charge in [0.05, 0.1) is 30.8 Å². The SMILES string of the molecule is CC(C)(C)[Si](OCC1=C([C@H](O)CC/C(=C/c2ccc(CO)o2)c2ccccn2)[C@H](CO)S(=O)(=O)C1)(c1ccccc1)c1ccccc1. The molecular formula is C37H43NO7SSi. The lowest BCUT2D eigenvalue weighted by Crippen LogP contribution is -2.66. The third-order valence-electron chi connectivity index (χ3n) is 8.80. The van der Waals surface area contributed by atoms with E-state index < -0.39 is 36.1 Å². The summed E-state index contributed by atoms with van der Waals surface area (Å²) in [7, 11) is -6.77. The predicted octanol–water partition coefficient (Wildman–Crippen LogP) is 4.51. The Bertz CT molecular complexity index is 1760. The number of aliphatic hydroxyl groups excluding tert-OH is 3. The summed E-state index contributed by atoms with van der Waals surface area (Å²) in [5.74, 6) is 0.663. The van der Waals surface area contributed by atoms with Crippen molar-refractivity contribution in [3.63, 3.8) is 0 Å². The summed E-state index contributed by atoms with van der Waals surface area (Å²) in [6.45, 7) is 5.61. The van der Waals surface area contributed by atoms with Gasteiger partial charge in [0.1, 0.15) is 23.4 Å². The first-order valence-electron chi connectivity index (χ1n) is 15.8. The Morgan fingerprint density at radius 3 is 2.15 bits per heavy atom. The highest BCUT2D eigenvalue weighted by molar-refractivity contribution is 7.92. The van der Waals surface area contributed by atoms with Crippen molar-refractivity contribution in [3.8, 4) is 0 Å². The average molecular weight is 674 g/mol. The molecule has 47 heavy (non-hydrogen) atoms. The molecule has 0 bridgehead atoms. The Morgan fingerprint density at radius 1 is 0.979 bits per heavy atom. The molecule has 0 amide bonds. The third kappa shape index (κ3) is 7.43. The minimum absolute atomic E-state index is 0.00860. The van der Waals surface area contributed by atoms with E-state index in [-0.39, 0.29) is 30.4 Å². The van der Waals surface area contributed by atoms with Crippen LogP contribution in [0.4, 0.5) is 0 Å². The highest BCUT2D eigenvalue weighted by Crippen LogP contribution is 2.39. The molecule has 3 heterocycles. The Labute approximate surface area is 278 Å². The van der Waals surface area contributed by atoms with Crippen LogP contribution in [0.1, 0.15) is 50.8 Å². The number of hydrogen-bond donors (Lipinski definition) is 3. The van der Waals surface area contributed by atoms with E-state index >= 15 is 0 Å². The van der Waals surface area contributed by atoms with Crippen LogP contribution >= 0.6 is 0 Å². The van der Waals surface area contributed by atoms with Crippen molar-refractivity contribution in [1.29, 1.82) is 0 Å². The van der Waals surface area contributed by atoms with E-state index in [9.17, 15) is 23.7 Å². The van der Waals surface area contributed by atoms with Gasteiger partial charge in [-0.1, -0.05) is 87.5 Å². The molecule has 0 radical (unpaired) electrons. The van der Waals surface area contributed by atoms with Crippen LogP contribution in [0.5, 0.6) is 0 Å². The third-order valence-corrected chi connectivity index (χ3v) is 15.8. The number of benzene rings is 2. The Morgan fingerprint density at radius 2 is 1.62 bits per heavy atom. The molecule has 3 N–H and O–H groups in total. The molecule has 1 aliphatic heterocycles. The van der Waals surface area contributed by atoms with Gasteiger partial charge in [-0.3, -0.25) is 4.98 Å². The summed E-state index contributed by atoms with van der Waals surface area (Å²) in [5, 5.41) is 32.0. The van der Waals surface area contributed by atoms with Gasteiger partial charge in [-0.2, -0.15) is 0 Å². The summed E-state index contributed by atoms with van der Waals surface area (Å²) in [4.78, 5) is 4.48. The van der Waals surface area contributed by atoms with Gasteiger partial charge in [0.2, 0.25) is 0 Å². The highest BCUT2D eigenvalue weighted by atomic mass is 32.2. The molecule has 4 aromatic rings. The number of rotatable bonds is 13. The molecule has 0 saturated carbocycles. The van der Waals surface area contributed by atoms with Crippen molar-refractivity contribution in [2.45, 2.75) is 56.6 Å². The number of allylic oxidation sites excluding steroid dienone is 1. The first kappa shape index (κ1) is 34.7. The minimum atomic E-state index is -3.77. The van der Waals surface area contributed by atoms with Crippen LogP contribution in [0.3, 0.4) is 0 Å². The van der Waals surface area contributed by atoms with Gasteiger partial charge in [-0.05, 0) is 75.3 Å². The summed E-state index contributed by atoms with van der Waals surface area (Å²) in [5.41, 5.74) is 2.26. The molecule has 0 unspecified atom stereocenters. The standard InChI is InChI=1S/C37H43NO7SSi/c1-37(2,3)47(31-12-6-4-7-13-31,32-14-8-5-9-15-32)44-25-28-26-46(42,43)35(24-40)36(28)34(41)20-17-27(33-16-10-11-21-38-33)22-29-18-19-30(23-39)45-29/h4-16,18-19,21-22,34-35,39-41H,17,20,23-26H2,1-3H3/b27-22-/t34-,35+/m1/s1. The van der Waals surface area contributed by atoms with Gasteiger partial charge in [0.15, 0.2) is 9.84 Å². The molecule has 8 nitrogen and oxygen atoms in total. The van der Waals surface area contributed by atoms with Crippen molar-refractivity contribution in [3.05, 3.63) is 126 Å². The molecule has 2 aromatic heterocycles. The highest BCUT2D eigenvalue weighted by Gasteiger charge is 2.51. The molecule has 248 valence electrons. The van der Waals surface area contributed by atoms with E-state index in [1.165, 1.54) is 0 Å². The normalized spacial score (nSPS) is 17.7. The fourth-order valence-electron chi connectivity index (χ4n) is 6.60. The average Bonchev–Trinajstić information content (AvgIpc) is 3.64. The lowest BCUT2D eigenvalue weighted by atomic mass is 9.94. The maximum absolute atomic E-state index is 13.4. The molecule has 0 spiro atoms. The molecule has 0 saturated heterocycles. The summed E-state index contributed by atoms with van der Waals surface area (Å²) >= 11 is 0. The monoisotopic (exact) mass is 673 g/mol. The van der Waals surface area contributed by atoms with Crippen molar-refractivity contribution < 1.29 is 32.6 Å². The lowest BCUT2D eigenvalue weighted by Gasteiger charge is -2.43. The number of sulfone groups is 1. The number of aromatic nitrogens is 1. The summed E-state index contributed by atoms with van der Waals surface area (Å²) in [6.07, 6.45) is 2.86. The topological polar surface area (TPSA) is 130 Å². The Hall–Kier alpha value is -3.64. The fraction of sp³-hybridized carbons (Fsp3) is 0.324. The van der Waals surface area contributed by atoms with Crippen LogP contribution in [0.2, 0.25) is 5.04 Å². The smallest absolute Gasteiger partial charge is 0.261 e. The maximum Gasteiger partial charge on any atom is 0.261 e. The molecular weight excluding hydrogens is 631 g/mol. The van der Waals surface area contributed by atoms with Crippen LogP contribution in [-0.2, 0) is 20.9 Å². The van der Waals surface area contributed by atoms with Gasteiger partial charge in [-0.15, -0.1) is 0 Å². The fourth-order valence-corrected chi connectivity index (χ4v) is 13.0. The first-order chi connectivity index (χ1) is 22.5. The van der Waals surface area contributed by atoms with Crippen molar-refractivity contribution >= 4 is 40.2 Å². The lowest BCUT2D eigenvalue weighted by molar-refractivity contribution is 0.188. The van der Waals surface area contributed by atoms with Crippen LogP contribution in [0, 0.1) is 0 Å². The summed E-state index contributed by atoms with van der Waals surface area (Å²) < 4.78 is 39.6. The quantitative estimate of drug-likeness (QED) is 0.140. The van der Waals surface area contributed by atoms with E-state index in [1.807, 2.05) is 60.7 Å². The van der Waals surface area contributed by atoms with Gasteiger partial charge < -0.3 is 24.2 Å². The van der Waals surface area contributed by atoms with E-state index in [4.69, 9.17) is 8.84 Å². The zero-order valence-corrected chi connectivity index (χ0v) is 28.9. The van der Waals surface area contributed by atoms with Gasteiger partial charge in [0.25, 0.3) is 8.32 Å². The van der Waals surface area contributed by atoms with E-state index in [1.54, 1.807) is 18.3 Å². The maximum atomic E-state index is 13.4. The molecule has 0 aliphatic carbocycles. The minimum Gasteiger partial charge on any atom is -0.459 e. The predicted molar refractivity (Wildman–Crippen MR) is 187 cm³/mol. The zero-order chi connectivity index (χ0) is 33.7. The second-order valence-corrected chi connectivity index (χ2v) is 19.4. The molecule has 2 atom stereocenters. The largest absolute Gasteiger partial charge is 0.459 e. The number of furan rings is 1. The Kier molecular flexibility index (Phi) is 10.8. The second-order valence-electron chi connectivity index (χ2n) is 12.9. The molecule has 1 aliphatic rings. The van der Waals surface area contributed by atoms with Crippen LogP contribution in [0.25, 0.3) is 11.6 Å². The second kappa shape index (κ2) is 14.6. The van der Waals surface area contributed by atoms with Crippen molar-refractivity contribution in [2.75, 3.05) is 19.0 Å². The number of aliphatic hydroxyl groups is 3. The number of pyridine rings is 1. The van der Waals surface area contributed by atoms with Gasteiger partial charge >= 0.3 is 0 Å². The van der Waals surface area contributed by atoms with E-state index in [0.717, 1.165) is 15.9 Å². The van der Waals surface area contributed by atoms with Crippen LogP contribution in [0.15, 0.2) is 113 Å². The molecule has 10 heteroatoms. The Balaban J connectivity index is 1.50. The van der Waals surface area contributed by atoms with Gasteiger partial charge in [-0.25, -0.2) is 8.42 Å². The first-order valence-corrected chi connectivity index (χ1v) is 19.4. The van der Waals surface area contributed by atoms with Crippen molar-refractivity contribution in [2.24, 2.45) is 0 Å². The van der Waals surface area contributed by atoms with E-state index in [2.05, 4.69) is 50.0 Å². The molecule has 5 rings (SSSR count). The van der Waals surface area contributed by atoms with Crippen LogP contribution < -0.4 is 10.4 Å². The van der Waals surface area contributed by atoms with Crippen LogP contribution in [-0.4, -0.2) is 67.4 Å². The number of nitrogens with zero attached hydrogens (tertiary/aromatic N) is 1. The van der Waals surface area contributed by atoms with Gasteiger partial charge in [0, 0.05) is 6.20 Å². The van der Waals surface area contributed by atoms with E-state index in [0.29, 0.717) is 34.8 Å². The molecule has 2 aromatic carbocycles. The summed E-state index contributed by atoms with van der Waals surface area (Å²) in [6, 6.07) is 29.2. The molecule has 0 fully saturated rings.